The van der Waals surface area contributed by atoms with Gasteiger partial charge in [0.05, 0.1) is 6.20 Å². The van der Waals surface area contributed by atoms with Crippen LogP contribution < -0.4 is 4.84 Å². The lowest BCUT2D eigenvalue weighted by molar-refractivity contribution is -0.144. The lowest BCUT2D eigenvalue weighted by Crippen LogP contribution is -2.17. The second-order valence-corrected chi connectivity index (χ2v) is 7.09. The first-order valence-electron chi connectivity index (χ1n) is 10.5. The number of rotatable bonds is 17. The lowest BCUT2D eigenvalue weighted by atomic mass is 10.0. The molecule has 0 radical (unpaired) electrons. The Morgan fingerprint density at radius 1 is 0.800 bits per heavy atom. The quantitative estimate of drug-likeness (QED) is 0.319. The van der Waals surface area contributed by atoms with Crippen LogP contribution in [-0.4, -0.2) is 15.7 Å². The van der Waals surface area contributed by atoms with Crippen LogP contribution in [0, 0.1) is 0 Å². The van der Waals surface area contributed by atoms with Gasteiger partial charge in [-0.15, -0.1) is 0 Å². The zero-order valence-corrected chi connectivity index (χ0v) is 16.3. The molecule has 1 aromatic heterocycles. The van der Waals surface area contributed by atoms with Crippen molar-refractivity contribution in [3.8, 4) is 0 Å². The third-order valence-electron chi connectivity index (χ3n) is 4.67. The van der Waals surface area contributed by atoms with Gasteiger partial charge in [0.2, 0.25) is 0 Å². The van der Waals surface area contributed by atoms with Gasteiger partial charge in [-0.3, -0.25) is 0 Å². The summed E-state index contributed by atoms with van der Waals surface area (Å²) in [7, 11) is 0. The summed E-state index contributed by atoms with van der Waals surface area (Å²) >= 11 is 0. The fourth-order valence-corrected chi connectivity index (χ4v) is 3.10. The highest BCUT2D eigenvalue weighted by atomic mass is 16.7. The Bertz CT molecular complexity index is 404. The molecule has 0 aliphatic rings. The minimum atomic E-state index is -0.173. The summed E-state index contributed by atoms with van der Waals surface area (Å²) in [6.07, 6.45) is 25.2. The standard InChI is InChI=1S/C21H38N2O2/c1-2-3-4-5-6-7-8-9-10-11-12-13-14-15-16-17-21(24)25-23-19-18-22-20-23/h18-20H,2-17H2,1H3. The average Bonchev–Trinajstić information content (AvgIpc) is 3.11. The van der Waals surface area contributed by atoms with Gasteiger partial charge >= 0.3 is 5.97 Å². The fourth-order valence-electron chi connectivity index (χ4n) is 3.10. The van der Waals surface area contributed by atoms with Crippen LogP contribution >= 0.6 is 0 Å². The number of carbonyl (C=O) groups excluding carboxylic acids is 1. The first-order valence-corrected chi connectivity index (χ1v) is 10.5. The number of unbranched alkanes of at least 4 members (excludes halogenated alkanes) is 14. The molecule has 0 saturated heterocycles. The van der Waals surface area contributed by atoms with E-state index < -0.39 is 0 Å². The molecule has 0 saturated carbocycles. The topological polar surface area (TPSA) is 44.1 Å². The second kappa shape index (κ2) is 16.2. The van der Waals surface area contributed by atoms with Crippen LogP contribution in [0.2, 0.25) is 0 Å². The van der Waals surface area contributed by atoms with E-state index in [9.17, 15) is 4.79 Å². The van der Waals surface area contributed by atoms with Crippen LogP contribution in [0.4, 0.5) is 0 Å². The van der Waals surface area contributed by atoms with Gasteiger partial charge < -0.3 is 4.84 Å². The highest BCUT2D eigenvalue weighted by Crippen LogP contribution is 2.13. The molecule has 4 heteroatoms. The van der Waals surface area contributed by atoms with Crippen LogP contribution in [0.15, 0.2) is 18.7 Å². The average molecular weight is 351 g/mol. The van der Waals surface area contributed by atoms with Crippen molar-refractivity contribution in [2.24, 2.45) is 0 Å². The number of hydrogen-bond donors (Lipinski definition) is 0. The molecule has 0 N–H and O–H groups in total. The minimum absolute atomic E-state index is 0.173. The van der Waals surface area contributed by atoms with E-state index in [0.717, 1.165) is 12.8 Å². The molecule has 1 rings (SSSR count). The number of aromatic nitrogens is 2. The third-order valence-corrected chi connectivity index (χ3v) is 4.67. The molecule has 1 aromatic rings. The maximum absolute atomic E-state index is 11.6. The van der Waals surface area contributed by atoms with Crippen molar-refractivity contribution in [2.45, 2.75) is 110 Å². The second-order valence-electron chi connectivity index (χ2n) is 7.09. The van der Waals surface area contributed by atoms with Crippen LogP contribution in [0.1, 0.15) is 110 Å². The predicted molar refractivity (Wildman–Crippen MR) is 103 cm³/mol. The summed E-state index contributed by atoms with van der Waals surface area (Å²) in [5, 5.41) is 0. The van der Waals surface area contributed by atoms with E-state index in [1.54, 1.807) is 12.4 Å². The van der Waals surface area contributed by atoms with Crippen LogP contribution in [0.3, 0.4) is 0 Å². The fraction of sp³-hybridized carbons (Fsp3) is 0.810. The van der Waals surface area contributed by atoms with Crippen molar-refractivity contribution >= 4 is 5.97 Å². The Morgan fingerprint density at radius 3 is 1.72 bits per heavy atom. The molecular formula is C21H38N2O2. The summed E-state index contributed by atoms with van der Waals surface area (Å²) in [4.78, 5) is 20.5. The van der Waals surface area contributed by atoms with E-state index in [-0.39, 0.29) is 5.97 Å². The summed E-state index contributed by atoms with van der Waals surface area (Å²) < 4.78 is 1.35. The first kappa shape index (κ1) is 21.7. The van der Waals surface area contributed by atoms with Crippen LogP contribution in [0.25, 0.3) is 0 Å². The predicted octanol–water partition coefficient (Wildman–Crippen LogP) is 6.10. The molecule has 0 aromatic carbocycles. The van der Waals surface area contributed by atoms with Gasteiger partial charge in [0.1, 0.15) is 6.33 Å². The van der Waals surface area contributed by atoms with Gasteiger partial charge in [-0.2, -0.15) is 4.73 Å². The summed E-state index contributed by atoms with van der Waals surface area (Å²) in [6.45, 7) is 2.27. The van der Waals surface area contributed by atoms with Crippen LogP contribution in [-0.2, 0) is 4.79 Å². The molecular weight excluding hydrogens is 312 g/mol. The largest absolute Gasteiger partial charge is 0.336 e. The van der Waals surface area contributed by atoms with Crippen molar-refractivity contribution < 1.29 is 9.63 Å². The smallest absolute Gasteiger partial charge is 0.332 e. The van der Waals surface area contributed by atoms with Crippen molar-refractivity contribution in [1.82, 2.24) is 9.71 Å². The van der Waals surface area contributed by atoms with Crippen molar-refractivity contribution in [2.75, 3.05) is 0 Å². The summed E-state index contributed by atoms with van der Waals surface area (Å²) in [6, 6.07) is 0. The summed E-state index contributed by atoms with van der Waals surface area (Å²) in [5.41, 5.74) is 0. The Labute approximate surface area is 154 Å². The lowest BCUT2D eigenvalue weighted by Gasteiger charge is -2.04. The highest BCUT2D eigenvalue weighted by molar-refractivity contribution is 5.69. The molecule has 0 aliphatic heterocycles. The van der Waals surface area contributed by atoms with Gasteiger partial charge in [-0.25, -0.2) is 9.78 Å². The monoisotopic (exact) mass is 350 g/mol. The van der Waals surface area contributed by atoms with Crippen molar-refractivity contribution in [3.05, 3.63) is 18.7 Å². The van der Waals surface area contributed by atoms with Gasteiger partial charge in [0.25, 0.3) is 0 Å². The minimum Gasteiger partial charge on any atom is -0.336 e. The highest BCUT2D eigenvalue weighted by Gasteiger charge is 2.03. The van der Waals surface area contributed by atoms with Gasteiger partial charge in [0, 0.05) is 12.6 Å². The molecule has 0 unspecified atom stereocenters. The van der Waals surface area contributed by atoms with E-state index in [0.29, 0.717) is 6.42 Å². The Morgan fingerprint density at radius 2 is 1.28 bits per heavy atom. The Balaban J connectivity index is 1.74. The van der Waals surface area contributed by atoms with E-state index in [1.165, 1.54) is 94.5 Å². The van der Waals surface area contributed by atoms with Crippen molar-refractivity contribution in [3.63, 3.8) is 0 Å². The molecule has 1 heterocycles. The van der Waals surface area contributed by atoms with E-state index in [1.807, 2.05) is 0 Å². The van der Waals surface area contributed by atoms with Crippen molar-refractivity contribution in [1.29, 1.82) is 0 Å². The zero-order chi connectivity index (χ0) is 18.0. The first-order chi connectivity index (χ1) is 12.3. The molecule has 4 nitrogen and oxygen atoms in total. The zero-order valence-electron chi connectivity index (χ0n) is 16.3. The molecule has 0 atom stereocenters. The molecule has 0 amide bonds. The molecule has 0 aliphatic carbocycles. The number of carbonyl (C=O) groups is 1. The van der Waals surface area contributed by atoms with E-state index >= 15 is 0 Å². The molecule has 0 spiro atoms. The van der Waals surface area contributed by atoms with E-state index in [2.05, 4.69) is 11.9 Å². The number of hydrogen-bond acceptors (Lipinski definition) is 3. The number of imidazole rings is 1. The maximum atomic E-state index is 11.6. The Kier molecular flexibility index (Phi) is 14.0. The molecule has 0 bridgehead atoms. The van der Waals surface area contributed by atoms with Gasteiger partial charge in [0.15, 0.2) is 0 Å². The Hall–Kier alpha value is -1.32. The molecule has 25 heavy (non-hydrogen) atoms. The number of nitrogens with zero attached hydrogens (tertiary/aromatic N) is 2. The molecule has 0 fully saturated rings. The van der Waals surface area contributed by atoms with Gasteiger partial charge in [-0.05, 0) is 6.42 Å². The summed E-state index contributed by atoms with van der Waals surface area (Å²) in [5.74, 6) is -0.173. The third kappa shape index (κ3) is 13.6. The van der Waals surface area contributed by atoms with Crippen LogP contribution in [0.5, 0.6) is 0 Å². The van der Waals surface area contributed by atoms with E-state index in [4.69, 9.17) is 4.84 Å². The molecule has 144 valence electrons. The van der Waals surface area contributed by atoms with Gasteiger partial charge in [-0.1, -0.05) is 96.8 Å². The normalized spacial score (nSPS) is 10.9. The maximum Gasteiger partial charge on any atom is 0.332 e. The SMILES string of the molecule is CCCCCCCCCCCCCCCCCC(=O)On1ccnc1.